The molecule has 1 fully saturated rings. The van der Waals surface area contributed by atoms with E-state index in [-0.39, 0.29) is 17.5 Å². The highest BCUT2D eigenvalue weighted by atomic mass is 19.1. The van der Waals surface area contributed by atoms with E-state index < -0.39 is 0 Å². The van der Waals surface area contributed by atoms with E-state index in [2.05, 4.69) is 20.0 Å². The van der Waals surface area contributed by atoms with Crippen LogP contribution in [0.2, 0.25) is 0 Å². The molecule has 1 saturated heterocycles. The molecule has 0 amide bonds. The molecular weight excluding hydrogens is 385 g/mol. The standard InChI is InChI=1S/C22H20FN5O2/c23-16-6-4-5-15(11-16)19-13-27(9-10-30-19)14-20-25-21-18(22(29)26-20)12-24-28(21)17-7-2-1-3-8-17/h1-8,11-12,19H,9-10,13-14H2,(H,25,26,29). The number of ether oxygens (including phenoxy) is 1. The van der Waals surface area contributed by atoms with Crippen LogP contribution in [0.25, 0.3) is 16.7 Å². The lowest BCUT2D eigenvalue weighted by Gasteiger charge is -2.32. The van der Waals surface area contributed by atoms with Crippen LogP contribution < -0.4 is 5.56 Å². The van der Waals surface area contributed by atoms with Gasteiger partial charge in [0.2, 0.25) is 0 Å². The average molecular weight is 405 g/mol. The number of halogens is 1. The molecule has 1 unspecified atom stereocenters. The number of rotatable bonds is 4. The van der Waals surface area contributed by atoms with E-state index in [0.717, 1.165) is 11.3 Å². The van der Waals surface area contributed by atoms with Crippen molar-refractivity contribution in [1.82, 2.24) is 24.6 Å². The molecule has 152 valence electrons. The second-order valence-electron chi connectivity index (χ2n) is 7.29. The van der Waals surface area contributed by atoms with Gasteiger partial charge in [0, 0.05) is 13.1 Å². The van der Waals surface area contributed by atoms with Crippen molar-refractivity contribution in [2.24, 2.45) is 0 Å². The van der Waals surface area contributed by atoms with Gasteiger partial charge in [0.15, 0.2) is 5.65 Å². The number of H-pyrrole nitrogens is 1. The predicted octanol–water partition coefficient (Wildman–Crippen LogP) is 2.82. The molecule has 1 aliphatic heterocycles. The average Bonchev–Trinajstić information content (AvgIpc) is 3.19. The summed E-state index contributed by atoms with van der Waals surface area (Å²) in [6.45, 7) is 2.27. The first-order valence-corrected chi connectivity index (χ1v) is 9.79. The minimum absolute atomic E-state index is 0.216. The Balaban J connectivity index is 1.42. The monoisotopic (exact) mass is 405 g/mol. The molecule has 1 N–H and O–H groups in total. The van der Waals surface area contributed by atoms with Gasteiger partial charge in [-0.25, -0.2) is 14.1 Å². The van der Waals surface area contributed by atoms with Crippen molar-refractivity contribution in [3.63, 3.8) is 0 Å². The van der Waals surface area contributed by atoms with E-state index in [9.17, 15) is 9.18 Å². The zero-order valence-corrected chi connectivity index (χ0v) is 16.2. The molecule has 3 heterocycles. The Bertz CT molecular complexity index is 1240. The van der Waals surface area contributed by atoms with Gasteiger partial charge in [0.05, 0.1) is 31.1 Å². The molecule has 30 heavy (non-hydrogen) atoms. The largest absolute Gasteiger partial charge is 0.371 e. The van der Waals surface area contributed by atoms with Crippen LogP contribution in [0.15, 0.2) is 65.6 Å². The van der Waals surface area contributed by atoms with Crippen molar-refractivity contribution in [3.05, 3.63) is 88.4 Å². The molecule has 1 atom stereocenters. The summed E-state index contributed by atoms with van der Waals surface area (Å²) in [5, 5.41) is 4.79. The van der Waals surface area contributed by atoms with Crippen molar-refractivity contribution >= 4 is 11.0 Å². The van der Waals surface area contributed by atoms with E-state index in [1.54, 1.807) is 10.7 Å². The van der Waals surface area contributed by atoms with Crippen LogP contribution >= 0.6 is 0 Å². The quantitative estimate of drug-likeness (QED) is 0.565. The topological polar surface area (TPSA) is 76.0 Å². The van der Waals surface area contributed by atoms with Crippen LogP contribution in [0.3, 0.4) is 0 Å². The predicted molar refractivity (Wildman–Crippen MR) is 110 cm³/mol. The van der Waals surface area contributed by atoms with Crippen molar-refractivity contribution in [3.8, 4) is 5.69 Å². The van der Waals surface area contributed by atoms with Gasteiger partial charge in [0.25, 0.3) is 5.56 Å². The summed E-state index contributed by atoms with van der Waals surface area (Å²) < 4.78 is 21.1. The number of morpholine rings is 1. The normalized spacial score (nSPS) is 17.4. The van der Waals surface area contributed by atoms with Crippen molar-refractivity contribution in [2.45, 2.75) is 12.6 Å². The number of aromatic nitrogens is 4. The molecule has 2 aromatic carbocycles. The van der Waals surface area contributed by atoms with Crippen LogP contribution in [0.4, 0.5) is 4.39 Å². The van der Waals surface area contributed by atoms with Crippen molar-refractivity contribution in [1.29, 1.82) is 0 Å². The second-order valence-corrected chi connectivity index (χ2v) is 7.29. The van der Waals surface area contributed by atoms with Crippen LogP contribution in [0, 0.1) is 5.82 Å². The van der Waals surface area contributed by atoms with Gasteiger partial charge < -0.3 is 9.72 Å². The SMILES string of the molecule is O=c1[nH]c(CN2CCOC(c3cccc(F)c3)C2)nc2c1cnn2-c1ccccc1. The third-order valence-corrected chi connectivity index (χ3v) is 5.23. The molecule has 8 heteroatoms. The van der Waals surface area contributed by atoms with Crippen LogP contribution in [-0.4, -0.2) is 44.3 Å². The van der Waals surface area contributed by atoms with E-state index in [4.69, 9.17) is 4.74 Å². The summed E-state index contributed by atoms with van der Waals surface area (Å²) in [5.74, 6) is 0.281. The highest BCUT2D eigenvalue weighted by molar-refractivity contribution is 5.75. The molecule has 0 spiro atoms. The van der Waals surface area contributed by atoms with Gasteiger partial charge in [-0.2, -0.15) is 5.10 Å². The van der Waals surface area contributed by atoms with Crippen LogP contribution in [0.1, 0.15) is 17.5 Å². The maximum absolute atomic E-state index is 13.6. The fourth-order valence-corrected chi connectivity index (χ4v) is 3.76. The van der Waals surface area contributed by atoms with Gasteiger partial charge in [0.1, 0.15) is 17.0 Å². The van der Waals surface area contributed by atoms with Gasteiger partial charge >= 0.3 is 0 Å². The molecule has 2 aromatic heterocycles. The molecule has 4 aromatic rings. The number of aromatic amines is 1. The maximum Gasteiger partial charge on any atom is 0.262 e. The molecular formula is C22H20FN5O2. The number of nitrogens with one attached hydrogen (secondary N) is 1. The molecule has 1 aliphatic rings. The number of hydrogen-bond donors (Lipinski definition) is 1. The number of hydrogen-bond acceptors (Lipinski definition) is 5. The summed E-state index contributed by atoms with van der Waals surface area (Å²) in [6.07, 6.45) is 1.31. The highest BCUT2D eigenvalue weighted by Crippen LogP contribution is 2.23. The van der Waals surface area contributed by atoms with Crippen molar-refractivity contribution in [2.75, 3.05) is 19.7 Å². The molecule has 0 radical (unpaired) electrons. The number of benzene rings is 2. The highest BCUT2D eigenvalue weighted by Gasteiger charge is 2.23. The summed E-state index contributed by atoms with van der Waals surface area (Å²) in [6, 6.07) is 16.1. The Kier molecular flexibility index (Phi) is 4.86. The van der Waals surface area contributed by atoms with Gasteiger partial charge in [-0.1, -0.05) is 30.3 Å². The smallest absolute Gasteiger partial charge is 0.262 e. The number of fused-ring (bicyclic) bond motifs is 1. The molecule has 7 nitrogen and oxygen atoms in total. The first kappa shape index (κ1) is 18.7. The Hall–Kier alpha value is -3.36. The number of para-hydroxylation sites is 1. The lowest BCUT2D eigenvalue weighted by Crippen LogP contribution is -2.38. The minimum atomic E-state index is -0.279. The summed E-state index contributed by atoms with van der Waals surface area (Å²) in [7, 11) is 0. The summed E-state index contributed by atoms with van der Waals surface area (Å²) in [5.41, 5.74) is 1.95. The first-order valence-electron chi connectivity index (χ1n) is 9.79. The third-order valence-electron chi connectivity index (χ3n) is 5.23. The molecule has 0 aliphatic carbocycles. The van der Waals surface area contributed by atoms with E-state index in [0.29, 0.717) is 43.1 Å². The van der Waals surface area contributed by atoms with Gasteiger partial charge in [-0.15, -0.1) is 0 Å². The van der Waals surface area contributed by atoms with Gasteiger partial charge in [-0.05, 0) is 29.8 Å². The summed E-state index contributed by atoms with van der Waals surface area (Å²) >= 11 is 0. The Labute approximate surface area is 171 Å². The fraction of sp³-hybridized carbons (Fsp3) is 0.227. The van der Waals surface area contributed by atoms with Gasteiger partial charge in [-0.3, -0.25) is 9.69 Å². The third kappa shape index (κ3) is 3.62. The maximum atomic E-state index is 13.6. The van der Waals surface area contributed by atoms with Crippen LogP contribution in [0.5, 0.6) is 0 Å². The minimum Gasteiger partial charge on any atom is -0.371 e. The van der Waals surface area contributed by atoms with E-state index in [1.165, 1.54) is 18.3 Å². The lowest BCUT2D eigenvalue weighted by atomic mass is 10.1. The van der Waals surface area contributed by atoms with Crippen LogP contribution in [-0.2, 0) is 11.3 Å². The number of nitrogens with zero attached hydrogens (tertiary/aromatic N) is 4. The Morgan fingerprint density at radius 2 is 2.03 bits per heavy atom. The molecule has 0 bridgehead atoms. The fourth-order valence-electron chi connectivity index (χ4n) is 3.76. The summed E-state index contributed by atoms with van der Waals surface area (Å²) in [4.78, 5) is 22.3. The first-order chi connectivity index (χ1) is 14.7. The van der Waals surface area contributed by atoms with E-state index in [1.807, 2.05) is 36.4 Å². The molecule has 0 saturated carbocycles. The van der Waals surface area contributed by atoms with E-state index >= 15 is 0 Å². The zero-order chi connectivity index (χ0) is 20.5. The lowest BCUT2D eigenvalue weighted by molar-refractivity contribution is -0.0337. The Morgan fingerprint density at radius 1 is 1.17 bits per heavy atom. The Morgan fingerprint density at radius 3 is 2.87 bits per heavy atom. The molecule has 5 rings (SSSR count). The van der Waals surface area contributed by atoms with Crippen molar-refractivity contribution < 1.29 is 9.13 Å². The zero-order valence-electron chi connectivity index (χ0n) is 16.2. The second kappa shape index (κ2) is 7.81.